The summed E-state index contributed by atoms with van der Waals surface area (Å²) < 4.78 is 6.52. The molecule has 0 aliphatic carbocycles. The average Bonchev–Trinajstić information content (AvgIpc) is 2.72. The Bertz CT molecular complexity index is 1060. The summed E-state index contributed by atoms with van der Waals surface area (Å²) >= 11 is 0. The second-order valence-electron chi connectivity index (χ2n) is 6.58. The van der Waals surface area contributed by atoms with Gasteiger partial charge in [-0.1, -0.05) is 23.4 Å². The molecule has 0 N–H and O–H groups in total. The first-order chi connectivity index (χ1) is 13.2. The number of carbonyl (C=O) groups is 1. The summed E-state index contributed by atoms with van der Waals surface area (Å²) in [5.74, 6) is 0.848. The third-order valence-electron chi connectivity index (χ3n) is 4.95. The fraction of sp³-hybridized carbons (Fsp3) is 0.300. The number of hydrogen-bond donors (Lipinski definition) is 0. The van der Waals surface area contributed by atoms with Gasteiger partial charge >= 0.3 is 0 Å². The van der Waals surface area contributed by atoms with Gasteiger partial charge in [-0.3, -0.25) is 9.59 Å². The van der Waals surface area contributed by atoms with Crippen molar-refractivity contribution in [3.63, 3.8) is 0 Å². The Balaban J connectivity index is 1.44. The largest absolute Gasteiger partial charge is 0.497 e. The van der Waals surface area contributed by atoms with Crippen LogP contribution < -0.4 is 10.3 Å². The van der Waals surface area contributed by atoms with E-state index in [0.717, 1.165) is 17.7 Å². The van der Waals surface area contributed by atoms with E-state index in [-0.39, 0.29) is 24.4 Å². The summed E-state index contributed by atoms with van der Waals surface area (Å²) in [6.07, 6.45) is 1.02. The van der Waals surface area contributed by atoms with Crippen molar-refractivity contribution >= 4 is 16.8 Å². The summed E-state index contributed by atoms with van der Waals surface area (Å²) in [5, 5.41) is 8.52. The molecule has 0 saturated heterocycles. The van der Waals surface area contributed by atoms with Gasteiger partial charge in [0, 0.05) is 19.5 Å². The molecular formula is C20H20N4O3. The summed E-state index contributed by atoms with van der Waals surface area (Å²) in [6.45, 7) is 1.47. The summed E-state index contributed by atoms with van der Waals surface area (Å²) in [4.78, 5) is 26.9. The minimum atomic E-state index is -0.218. The fourth-order valence-corrected chi connectivity index (χ4v) is 3.40. The third-order valence-corrected chi connectivity index (χ3v) is 4.95. The molecule has 0 unspecified atom stereocenters. The van der Waals surface area contributed by atoms with E-state index in [2.05, 4.69) is 10.3 Å². The molecule has 0 radical (unpaired) electrons. The normalized spacial score (nSPS) is 13.4. The van der Waals surface area contributed by atoms with Crippen LogP contribution in [0.1, 0.15) is 17.5 Å². The molecular weight excluding hydrogens is 344 g/mol. The zero-order valence-electron chi connectivity index (χ0n) is 15.1. The maximum atomic E-state index is 12.6. The van der Waals surface area contributed by atoms with Gasteiger partial charge < -0.3 is 9.64 Å². The molecule has 0 spiro atoms. The van der Waals surface area contributed by atoms with Crippen molar-refractivity contribution in [1.29, 1.82) is 0 Å². The van der Waals surface area contributed by atoms with Gasteiger partial charge in [0.05, 0.1) is 19.0 Å². The predicted molar refractivity (Wildman–Crippen MR) is 101 cm³/mol. The first kappa shape index (κ1) is 17.2. The highest BCUT2D eigenvalue weighted by Crippen LogP contribution is 2.24. The van der Waals surface area contributed by atoms with Gasteiger partial charge in [0.15, 0.2) is 0 Å². The molecule has 7 nitrogen and oxygen atoms in total. The lowest BCUT2D eigenvalue weighted by molar-refractivity contribution is -0.132. The van der Waals surface area contributed by atoms with Crippen LogP contribution in [-0.2, 0) is 24.3 Å². The van der Waals surface area contributed by atoms with Crippen LogP contribution in [0.5, 0.6) is 5.75 Å². The molecule has 0 bridgehead atoms. The molecule has 2 heterocycles. The molecule has 0 atom stereocenters. The van der Waals surface area contributed by atoms with Crippen LogP contribution >= 0.6 is 0 Å². The van der Waals surface area contributed by atoms with Crippen LogP contribution in [0, 0.1) is 0 Å². The SMILES string of the molecule is COc1ccc2c(c1)CCN(C(=O)CCn1nnc3ccccc3c1=O)C2. The van der Waals surface area contributed by atoms with Crippen molar-refractivity contribution in [3.05, 3.63) is 63.9 Å². The predicted octanol–water partition coefficient (Wildman–Crippen LogP) is 1.78. The van der Waals surface area contributed by atoms with E-state index >= 15 is 0 Å². The van der Waals surface area contributed by atoms with Crippen molar-refractivity contribution in [1.82, 2.24) is 19.9 Å². The van der Waals surface area contributed by atoms with Crippen LogP contribution in [0.15, 0.2) is 47.3 Å². The van der Waals surface area contributed by atoms with E-state index in [9.17, 15) is 9.59 Å². The Hall–Kier alpha value is -3.22. The molecule has 1 aliphatic rings. The Kier molecular flexibility index (Phi) is 4.58. The number of methoxy groups -OCH3 is 1. The van der Waals surface area contributed by atoms with E-state index in [4.69, 9.17) is 4.74 Å². The highest BCUT2D eigenvalue weighted by Gasteiger charge is 2.21. The minimum absolute atomic E-state index is 0.0123. The number of fused-ring (bicyclic) bond motifs is 2. The minimum Gasteiger partial charge on any atom is -0.497 e. The monoisotopic (exact) mass is 364 g/mol. The van der Waals surface area contributed by atoms with Crippen molar-refractivity contribution in [2.24, 2.45) is 0 Å². The maximum absolute atomic E-state index is 12.6. The van der Waals surface area contributed by atoms with E-state index in [1.165, 1.54) is 10.2 Å². The molecule has 0 fully saturated rings. The Morgan fingerprint density at radius 1 is 1.19 bits per heavy atom. The number of amides is 1. The van der Waals surface area contributed by atoms with Crippen LogP contribution in [0.3, 0.4) is 0 Å². The summed E-state index contributed by atoms with van der Waals surface area (Å²) in [6, 6.07) is 13.0. The second-order valence-corrected chi connectivity index (χ2v) is 6.58. The zero-order valence-corrected chi connectivity index (χ0v) is 15.1. The summed E-state index contributed by atoms with van der Waals surface area (Å²) in [5.41, 5.74) is 2.70. The number of benzene rings is 2. The van der Waals surface area contributed by atoms with Gasteiger partial charge in [0.25, 0.3) is 5.56 Å². The van der Waals surface area contributed by atoms with Crippen LogP contribution in [0.2, 0.25) is 0 Å². The van der Waals surface area contributed by atoms with Gasteiger partial charge in [0.2, 0.25) is 5.91 Å². The van der Waals surface area contributed by atoms with Crippen molar-refractivity contribution in [3.8, 4) is 5.75 Å². The fourth-order valence-electron chi connectivity index (χ4n) is 3.40. The molecule has 0 saturated carbocycles. The van der Waals surface area contributed by atoms with Crippen LogP contribution in [0.25, 0.3) is 10.9 Å². The molecule has 1 aliphatic heterocycles. The molecule has 2 aromatic carbocycles. The highest BCUT2D eigenvalue weighted by molar-refractivity contribution is 5.77. The molecule has 27 heavy (non-hydrogen) atoms. The summed E-state index contributed by atoms with van der Waals surface area (Å²) in [7, 11) is 1.65. The zero-order chi connectivity index (χ0) is 18.8. The number of hydrogen-bond acceptors (Lipinski definition) is 5. The third kappa shape index (κ3) is 3.40. The Morgan fingerprint density at radius 3 is 2.89 bits per heavy atom. The van der Waals surface area contributed by atoms with Crippen molar-refractivity contribution < 1.29 is 9.53 Å². The quantitative estimate of drug-likeness (QED) is 0.705. The Labute approximate surface area is 156 Å². The van der Waals surface area contributed by atoms with E-state index in [0.29, 0.717) is 24.0 Å². The molecule has 4 rings (SSSR count). The highest BCUT2D eigenvalue weighted by atomic mass is 16.5. The number of rotatable bonds is 4. The van der Waals surface area contributed by atoms with Gasteiger partial charge in [-0.05, 0) is 41.8 Å². The van der Waals surface area contributed by atoms with Gasteiger partial charge in [-0.25, -0.2) is 4.68 Å². The number of carbonyl (C=O) groups excluding carboxylic acids is 1. The lowest BCUT2D eigenvalue weighted by Crippen LogP contribution is -2.37. The average molecular weight is 364 g/mol. The number of aryl methyl sites for hydroxylation is 1. The van der Waals surface area contributed by atoms with Gasteiger partial charge in [-0.2, -0.15) is 0 Å². The van der Waals surface area contributed by atoms with E-state index in [1.54, 1.807) is 25.3 Å². The first-order valence-corrected chi connectivity index (χ1v) is 8.92. The Morgan fingerprint density at radius 2 is 2.04 bits per heavy atom. The maximum Gasteiger partial charge on any atom is 0.277 e. The van der Waals surface area contributed by atoms with Crippen LogP contribution in [0.4, 0.5) is 0 Å². The lowest BCUT2D eigenvalue weighted by atomic mass is 9.99. The van der Waals surface area contributed by atoms with Gasteiger partial charge in [-0.15, -0.1) is 5.10 Å². The topological polar surface area (TPSA) is 77.3 Å². The van der Waals surface area contributed by atoms with Gasteiger partial charge in [0.1, 0.15) is 11.3 Å². The molecule has 3 aromatic rings. The number of nitrogens with zero attached hydrogens (tertiary/aromatic N) is 4. The number of aromatic nitrogens is 3. The van der Waals surface area contributed by atoms with Crippen molar-refractivity contribution in [2.75, 3.05) is 13.7 Å². The second kappa shape index (κ2) is 7.19. The molecule has 1 amide bonds. The molecule has 138 valence electrons. The smallest absolute Gasteiger partial charge is 0.277 e. The van der Waals surface area contributed by atoms with Crippen molar-refractivity contribution in [2.45, 2.75) is 25.9 Å². The molecule has 7 heteroatoms. The first-order valence-electron chi connectivity index (χ1n) is 8.92. The van der Waals surface area contributed by atoms with E-state index < -0.39 is 0 Å². The standard InChI is InChI=1S/C20H20N4O3/c1-27-16-7-6-15-13-23(10-8-14(15)12-16)19(25)9-11-24-20(26)17-4-2-3-5-18(17)21-22-24/h2-7,12H,8-11,13H2,1H3. The van der Waals surface area contributed by atoms with Crippen LogP contribution in [-0.4, -0.2) is 39.5 Å². The lowest BCUT2D eigenvalue weighted by Gasteiger charge is -2.29. The van der Waals surface area contributed by atoms with E-state index in [1.807, 2.05) is 29.2 Å². The number of ether oxygens (including phenoxy) is 1. The molecule has 1 aromatic heterocycles.